The first-order chi connectivity index (χ1) is 10.4. The Morgan fingerprint density at radius 2 is 2.14 bits per heavy atom. The van der Waals surface area contributed by atoms with Gasteiger partial charge in [-0.15, -0.1) is 11.3 Å². The number of piperidine rings is 1. The lowest BCUT2D eigenvalue weighted by Crippen LogP contribution is -2.47. The number of carbonyl (C=O) groups is 3. The van der Waals surface area contributed by atoms with Crippen molar-refractivity contribution in [3.05, 3.63) is 16.3 Å². The van der Waals surface area contributed by atoms with Crippen LogP contribution in [0.4, 0.5) is 10.5 Å². The van der Waals surface area contributed by atoms with Crippen LogP contribution in [0.3, 0.4) is 0 Å². The molecule has 0 aromatic carbocycles. The van der Waals surface area contributed by atoms with E-state index in [1.54, 1.807) is 11.4 Å². The van der Waals surface area contributed by atoms with Gasteiger partial charge in [-0.05, 0) is 23.8 Å². The number of hydrogen-bond acceptors (Lipinski definition) is 5. The molecule has 8 heteroatoms. The molecule has 0 saturated carbocycles. The van der Waals surface area contributed by atoms with Crippen molar-refractivity contribution < 1.29 is 24.2 Å². The fraction of sp³-hybridized carbons (Fsp3) is 0.500. The highest BCUT2D eigenvalue weighted by Gasteiger charge is 2.32. The Balaban J connectivity index is 2.07. The summed E-state index contributed by atoms with van der Waals surface area (Å²) in [6, 6.07) is 1.22. The van der Waals surface area contributed by atoms with E-state index in [1.165, 1.54) is 23.3 Å². The first kappa shape index (κ1) is 16.3. The minimum atomic E-state index is -0.893. The number of nitrogens with zero attached hydrogens (tertiary/aromatic N) is 1. The van der Waals surface area contributed by atoms with E-state index in [-0.39, 0.29) is 12.5 Å². The van der Waals surface area contributed by atoms with Crippen LogP contribution in [-0.2, 0) is 9.53 Å². The van der Waals surface area contributed by atoms with Gasteiger partial charge in [-0.3, -0.25) is 4.79 Å². The molecule has 2 amide bonds. The van der Waals surface area contributed by atoms with Gasteiger partial charge in [-0.25, -0.2) is 9.59 Å². The first-order valence-corrected chi connectivity index (χ1v) is 7.74. The fourth-order valence-electron chi connectivity index (χ4n) is 2.55. The van der Waals surface area contributed by atoms with Gasteiger partial charge in [0.25, 0.3) is 0 Å². The molecular formula is C14H18N2O5S. The third kappa shape index (κ3) is 3.56. The van der Waals surface area contributed by atoms with E-state index in [4.69, 9.17) is 5.11 Å². The Labute approximate surface area is 131 Å². The van der Waals surface area contributed by atoms with E-state index in [9.17, 15) is 14.4 Å². The lowest BCUT2D eigenvalue weighted by atomic mass is 9.91. The van der Waals surface area contributed by atoms with Crippen LogP contribution in [0.2, 0.25) is 0 Å². The largest absolute Gasteiger partial charge is 0.481 e. The van der Waals surface area contributed by atoms with Gasteiger partial charge in [0, 0.05) is 13.1 Å². The van der Waals surface area contributed by atoms with Gasteiger partial charge < -0.3 is 20.1 Å². The number of hydrogen-bond donors (Lipinski definition) is 2. The third-order valence-electron chi connectivity index (χ3n) is 3.57. The van der Waals surface area contributed by atoms with E-state index in [0.29, 0.717) is 23.5 Å². The molecule has 1 aliphatic heterocycles. The number of carboxylic acid groups (broad SMARTS) is 1. The Hall–Kier alpha value is -2.09. The van der Waals surface area contributed by atoms with Crippen LogP contribution in [0.5, 0.6) is 0 Å². The molecule has 2 atom stereocenters. The van der Waals surface area contributed by atoms with E-state index < -0.39 is 23.9 Å². The number of carbonyl (C=O) groups excluding carboxylic acids is 2. The summed E-state index contributed by atoms with van der Waals surface area (Å²) in [7, 11) is 1.28. The van der Waals surface area contributed by atoms with Crippen molar-refractivity contribution in [1.29, 1.82) is 0 Å². The van der Waals surface area contributed by atoms with Gasteiger partial charge >= 0.3 is 18.0 Å². The highest BCUT2D eigenvalue weighted by molar-refractivity contribution is 7.12. The molecular weight excluding hydrogens is 308 g/mol. The van der Waals surface area contributed by atoms with Crippen molar-refractivity contribution in [2.45, 2.75) is 13.3 Å². The number of urea groups is 1. The monoisotopic (exact) mass is 326 g/mol. The van der Waals surface area contributed by atoms with Crippen molar-refractivity contribution in [2.75, 3.05) is 25.5 Å². The van der Waals surface area contributed by atoms with Crippen LogP contribution in [0, 0.1) is 11.8 Å². The quantitative estimate of drug-likeness (QED) is 0.829. The standard InChI is InChI=1S/C14H18N2O5S/c1-8-5-9(12(17)18)7-16(6-8)14(20)15-10-3-4-22-11(10)13(19)21-2/h3-4,8-9H,5-7H2,1-2H3,(H,15,20)(H,17,18). The highest BCUT2D eigenvalue weighted by atomic mass is 32.1. The summed E-state index contributed by atoms with van der Waals surface area (Å²) < 4.78 is 4.66. The highest BCUT2D eigenvalue weighted by Crippen LogP contribution is 2.26. The molecule has 2 rings (SSSR count). The maximum Gasteiger partial charge on any atom is 0.350 e. The summed E-state index contributed by atoms with van der Waals surface area (Å²) in [6.45, 7) is 2.58. The normalized spacial score (nSPS) is 21.3. The number of ether oxygens (including phenoxy) is 1. The number of likely N-dealkylation sites (tertiary alicyclic amines) is 1. The summed E-state index contributed by atoms with van der Waals surface area (Å²) >= 11 is 1.17. The molecule has 1 aliphatic rings. The molecule has 0 spiro atoms. The molecule has 22 heavy (non-hydrogen) atoms. The first-order valence-electron chi connectivity index (χ1n) is 6.87. The van der Waals surface area contributed by atoms with Gasteiger partial charge in [0.2, 0.25) is 0 Å². The molecule has 0 radical (unpaired) electrons. The summed E-state index contributed by atoms with van der Waals surface area (Å²) in [4.78, 5) is 36.9. The molecule has 7 nitrogen and oxygen atoms in total. The molecule has 1 saturated heterocycles. The number of nitrogens with one attached hydrogen (secondary N) is 1. The van der Waals surface area contributed by atoms with Gasteiger partial charge in [0.05, 0.1) is 18.7 Å². The molecule has 2 unspecified atom stereocenters. The molecule has 1 fully saturated rings. The molecule has 1 aromatic heterocycles. The predicted molar refractivity (Wildman–Crippen MR) is 81.2 cm³/mol. The van der Waals surface area contributed by atoms with Crippen molar-refractivity contribution in [3.8, 4) is 0 Å². The number of thiophene rings is 1. The number of esters is 1. The van der Waals surface area contributed by atoms with E-state index in [1.807, 2.05) is 6.92 Å². The number of carboxylic acids is 1. The SMILES string of the molecule is COC(=O)c1sccc1NC(=O)N1CC(C)CC(C(=O)O)C1. The van der Waals surface area contributed by atoms with Crippen LogP contribution in [0.1, 0.15) is 23.0 Å². The summed E-state index contributed by atoms with van der Waals surface area (Å²) in [5.74, 6) is -1.85. The smallest absolute Gasteiger partial charge is 0.350 e. The Kier molecular flexibility index (Phi) is 5.02. The Morgan fingerprint density at radius 1 is 1.41 bits per heavy atom. The molecule has 120 valence electrons. The number of amides is 2. The molecule has 1 aromatic rings. The minimum absolute atomic E-state index is 0.114. The molecule has 2 heterocycles. The number of methoxy groups -OCH3 is 1. The van der Waals surface area contributed by atoms with Gasteiger partial charge in [0.1, 0.15) is 4.88 Å². The van der Waals surface area contributed by atoms with E-state index in [0.717, 1.165) is 0 Å². The average molecular weight is 326 g/mol. The van der Waals surface area contributed by atoms with Crippen molar-refractivity contribution in [3.63, 3.8) is 0 Å². The van der Waals surface area contributed by atoms with Gasteiger partial charge in [0.15, 0.2) is 0 Å². The third-order valence-corrected chi connectivity index (χ3v) is 4.47. The lowest BCUT2D eigenvalue weighted by molar-refractivity contribution is -0.143. The van der Waals surface area contributed by atoms with Crippen LogP contribution in [0.15, 0.2) is 11.4 Å². The van der Waals surface area contributed by atoms with Crippen molar-refractivity contribution >= 4 is 35.0 Å². The molecule has 2 N–H and O–H groups in total. The van der Waals surface area contributed by atoms with Crippen LogP contribution < -0.4 is 5.32 Å². The zero-order chi connectivity index (χ0) is 16.3. The van der Waals surface area contributed by atoms with Crippen molar-refractivity contribution in [1.82, 2.24) is 4.90 Å². The van der Waals surface area contributed by atoms with Gasteiger partial charge in [-0.2, -0.15) is 0 Å². The second-order valence-electron chi connectivity index (χ2n) is 5.37. The number of rotatable bonds is 3. The molecule has 0 bridgehead atoms. The average Bonchev–Trinajstić information content (AvgIpc) is 2.93. The minimum Gasteiger partial charge on any atom is -0.481 e. The summed E-state index contributed by atoms with van der Waals surface area (Å²) in [5, 5.41) is 13.5. The Bertz CT molecular complexity index is 586. The topological polar surface area (TPSA) is 95.9 Å². The lowest BCUT2D eigenvalue weighted by Gasteiger charge is -2.34. The van der Waals surface area contributed by atoms with Crippen LogP contribution in [0.25, 0.3) is 0 Å². The summed E-state index contributed by atoms with van der Waals surface area (Å²) in [5.41, 5.74) is 0.381. The maximum absolute atomic E-state index is 12.3. The second kappa shape index (κ2) is 6.78. The van der Waals surface area contributed by atoms with Crippen LogP contribution >= 0.6 is 11.3 Å². The second-order valence-corrected chi connectivity index (χ2v) is 6.28. The number of aliphatic carboxylic acids is 1. The van der Waals surface area contributed by atoms with E-state index >= 15 is 0 Å². The summed E-state index contributed by atoms with van der Waals surface area (Å²) in [6.07, 6.45) is 0.560. The Morgan fingerprint density at radius 3 is 2.77 bits per heavy atom. The predicted octanol–water partition coefficient (Wildman–Crippen LogP) is 2.11. The fourth-order valence-corrected chi connectivity index (χ4v) is 3.31. The maximum atomic E-state index is 12.3. The molecule has 0 aliphatic carbocycles. The van der Waals surface area contributed by atoms with Crippen LogP contribution in [-0.4, -0.2) is 48.2 Å². The van der Waals surface area contributed by atoms with Crippen molar-refractivity contribution in [2.24, 2.45) is 11.8 Å². The van der Waals surface area contributed by atoms with Gasteiger partial charge in [-0.1, -0.05) is 6.92 Å². The zero-order valence-electron chi connectivity index (χ0n) is 12.4. The number of anilines is 1. The van der Waals surface area contributed by atoms with E-state index in [2.05, 4.69) is 10.1 Å². The zero-order valence-corrected chi connectivity index (χ0v) is 13.2.